The predicted octanol–water partition coefficient (Wildman–Crippen LogP) is 1.59. The summed E-state index contributed by atoms with van der Waals surface area (Å²) >= 11 is 0. The Morgan fingerprint density at radius 3 is 2.22 bits per heavy atom. The van der Waals surface area contributed by atoms with Crippen molar-refractivity contribution in [3.05, 3.63) is 11.6 Å². The summed E-state index contributed by atoms with van der Waals surface area (Å²) in [7, 11) is 0. The maximum atomic E-state index is 6.05. The minimum Gasteiger partial charge on any atom is -0.325 e. The van der Waals surface area contributed by atoms with Gasteiger partial charge >= 0.3 is 0 Å². The van der Waals surface area contributed by atoms with Crippen molar-refractivity contribution in [2.75, 3.05) is 0 Å². The summed E-state index contributed by atoms with van der Waals surface area (Å²) < 4.78 is 0. The lowest BCUT2D eigenvalue weighted by Crippen LogP contribution is -2.43. The van der Waals surface area contributed by atoms with Crippen molar-refractivity contribution in [1.29, 1.82) is 0 Å². The Hall–Kier alpha value is -0.300. The molecule has 0 radical (unpaired) electrons. The quantitative estimate of drug-likeness (QED) is 0.486. The molecule has 0 heterocycles. The van der Waals surface area contributed by atoms with E-state index in [1.165, 1.54) is 25.7 Å². The highest BCUT2D eigenvalue weighted by Gasteiger charge is 2.31. The van der Waals surface area contributed by atoms with Crippen LogP contribution < -0.4 is 5.73 Å². The Bertz CT molecular complexity index is 148. The zero-order valence-corrected chi connectivity index (χ0v) is 5.69. The normalized spacial score (nSPS) is 30.1. The fourth-order valence-corrected chi connectivity index (χ4v) is 1.82. The Morgan fingerprint density at radius 2 is 2.00 bits per heavy atom. The molecule has 0 atom stereocenters. The molecule has 2 N–H and O–H groups in total. The number of hydrogen-bond donors (Lipinski definition) is 1. The molecule has 1 nitrogen and oxygen atoms in total. The maximum absolute atomic E-state index is 6.05. The highest BCUT2D eigenvalue weighted by atomic mass is 14.7. The monoisotopic (exact) mass is 123 g/mol. The Kier molecular flexibility index (Phi) is 0.974. The van der Waals surface area contributed by atoms with Crippen LogP contribution in [0.25, 0.3) is 0 Å². The van der Waals surface area contributed by atoms with Gasteiger partial charge in [-0.05, 0) is 32.1 Å². The molecule has 0 amide bonds. The van der Waals surface area contributed by atoms with Crippen LogP contribution in [-0.4, -0.2) is 5.54 Å². The summed E-state index contributed by atoms with van der Waals surface area (Å²) in [5.41, 5.74) is 7.92. The molecule has 1 saturated carbocycles. The highest BCUT2D eigenvalue weighted by molar-refractivity contribution is 5.17. The molecule has 1 heteroatoms. The molecule has 0 aliphatic heterocycles. The van der Waals surface area contributed by atoms with Gasteiger partial charge in [0.1, 0.15) is 0 Å². The molecule has 9 heavy (non-hydrogen) atoms. The molecule has 50 valence electrons. The Labute approximate surface area is 55.9 Å². The molecule has 3 aliphatic carbocycles. The molecule has 3 aliphatic rings. The second-order valence-electron chi connectivity index (χ2n) is 3.43. The lowest BCUT2D eigenvalue weighted by Gasteiger charge is -2.38. The zero-order chi connectivity index (χ0) is 6.32. The Morgan fingerprint density at radius 1 is 1.33 bits per heavy atom. The lowest BCUT2D eigenvalue weighted by atomic mass is 9.72. The molecular weight excluding hydrogens is 110 g/mol. The van der Waals surface area contributed by atoms with Crippen molar-refractivity contribution >= 4 is 0 Å². The molecule has 0 aromatic carbocycles. The van der Waals surface area contributed by atoms with Crippen LogP contribution in [0.5, 0.6) is 0 Å². The van der Waals surface area contributed by atoms with Crippen molar-refractivity contribution in [1.82, 2.24) is 0 Å². The van der Waals surface area contributed by atoms with E-state index in [1.807, 2.05) is 0 Å². The first-order chi connectivity index (χ1) is 4.29. The van der Waals surface area contributed by atoms with Gasteiger partial charge in [0.05, 0.1) is 0 Å². The van der Waals surface area contributed by atoms with Crippen molar-refractivity contribution < 1.29 is 0 Å². The third-order valence-electron chi connectivity index (χ3n) is 2.69. The first kappa shape index (κ1) is 5.48. The molecule has 2 bridgehead atoms. The minimum absolute atomic E-state index is 0.210. The van der Waals surface area contributed by atoms with E-state index >= 15 is 0 Å². The van der Waals surface area contributed by atoms with Crippen LogP contribution in [0.15, 0.2) is 11.6 Å². The number of nitrogens with two attached hydrogens (primary N) is 1. The summed E-state index contributed by atoms with van der Waals surface area (Å²) in [6.45, 7) is 0. The number of hydrogen-bond acceptors (Lipinski definition) is 1. The van der Waals surface area contributed by atoms with E-state index in [2.05, 4.69) is 6.08 Å². The summed E-state index contributed by atoms with van der Waals surface area (Å²) in [5.74, 6) is 0. The van der Waals surface area contributed by atoms with Gasteiger partial charge in [-0.1, -0.05) is 11.6 Å². The van der Waals surface area contributed by atoms with E-state index in [0.717, 1.165) is 6.42 Å². The van der Waals surface area contributed by atoms with Crippen LogP contribution in [-0.2, 0) is 0 Å². The van der Waals surface area contributed by atoms with Gasteiger partial charge in [0.25, 0.3) is 0 Å². The van der Waals surface area contributed by atoms with Gasteiger partial charge in [-0.3, -0.25) is 0 Å². The van der Waals surface area contributed by atoms with Gasteiger partial charge in [-0.25, -0.2) is 0 Å². The highest BCUT2D eigenvalue weighted by Crippen LogP contribution is 2.37. The summed E-state index contributed by atoms with van der Waals surface area (Å²) in [6, 6.07) is 0. The second-order valence-corrected chi connectivity index (χ2v) is 3.43. The maximum Gasteiger partial charge on any atom is 0.0195 e. The topological polar surface area (TPSA) is 26.0 Å². The van der Waals surface area contributed by atoms with Crippen molar-refractivity contribution in [2.45, 2.75) is 37.6 Å². The van der Waals surface area contributed by atoms with Crippen LogP contribution >= 0.6 is 0 Å². The SMILES string of the molecule is NC12CC=C(CC1)CC2. The first-order valence-electron chi connectivity index (χ1n) is 3.75. The number of rotatable bonds is 0. The smallest absolute Gasteiger partial charge is 0.0195 e. The zero-order valence-electron chi connectivity index (χ0n) is 5.69. The van der Waals surface area contributed by atoms with Crippen LogP contribution in [0.1, 0.15) is 32.1 Å². The van der Waals surface area contributed by atoms with Gasteiger partial charge in [0.2, 0.25) is 0 Å². The van der Waals surface area contributed by atoms with Crippen LogP contribution in [0.2, 0.25) is 0 Å². The van der Waals surface area contributed by atoms with Crippen molar-refractivity contribution in [3.63, 3.8) is 0 Å². The van der Waals surface area contributed by atoms with E-state index in [4.69, 9.17) is 5.73 Å². The molecule has 0 aromatic rings. The molecule has 0 spiro atoms. The number of fused-ring (bicyclic) bond motifs is 3. The van der Waals surface area contributed by atoms with Gasteiger partial charge in [0, 0.05) is 5.54 Å². The van der Waals surface area contributed by atoms with Gasteiger partial charge in [-0.15, -0.1) is 0 Å². The average molecular weight is 123 g/mol. The number of allylic oxidation sites excluding steroid dienone is 1. The average Bonchev–Trinajstić information content (AvgIpc) is 1.90. The Balaban J connectivity index is 2.27. The van der Waals surface area contributed by atoms with Gasteiger partial charge < -0.3 is 5.73 Å². The van der Waals surface area contributed by atoms with E-state index in [9.17, 15) is 0 Å². The summed E-state index contributed by atoms with van der Waals surface area (Å²) in [4.78, 5) is 0. The van der Waals surface area contributed by atoms with Crippen LogP contribution in [0.4, 0.5) is 0 Å². The molecule has 0 saturated heterocycles. The standard InChI is InChI=1S/C8H13N/c9-8-4-1-7(2-5-8)3-6-8/h1H,2-6,9H2. The van der Waals surface area contributed by atoms with Crippen LogP contribution in [0, 0.1) is 0 Å². The van der Waals surface area contributed by atoms with E-state index in [-0.39, 0.29) is 5.54 Å². The van der Waals surface area contributed by atoms with Gasteiger partial charge in [0.15, 0.2) is 0 Å². The molecule has 0 aromatic heterocycles. The van der Waals surface area contributed by atoms with E-state index < -0.39 is 0 Å². The molecule has 0 unspecified atom stereocenters. The van der Waals surface area contributed by atoms with Crippen molar-refractivity contribution in [2.24, 2.45) is 5.73 Å². The third kappa shape index (κ3) is 0.799. The molecular formula is C8H13N. The van der Waals surface area contributed by atoms with E-state index in [0.29, 0.717) is 0 Å². The predicted molar refractivity (Wildman–Crippen MR) is 38.1 cm³/mol. The van der Waals surface area contributed by atoms with Crippen LogP contribution in [0.3, 0.4) is 0 Å². The lowest BCUT2D eigenvalue weighted by molar-refractivity contribution is 0.313. The first-order valence-corrected chi connectivity index (χ1v) is 3.75. The fraction of sp³-hybridized carbons (Fsp3) is 0.750. The third-order valence-corrected chi connectivity index (χ3v) is 2.69. The summed E-state index contributed by atoms with van der Waals surface area (Å²) in [6.07, 6.45) is 8.50. The van der Waals surface area contributed by atoms with Crippen molar-refractivity contribution in [3.8, 4) is 0 Å². The second kappa shape index (κ2) is 1.60. The molecule has 3 rings (SSSR count). The molecule has 1 fully saturated rings. The summed E-state index contributed by atoms with van der Waals surface area (Å²) in [5, 5.41) is 0. The largest absolute Gasteiger partial charge is 0.325 e. The minimum atomic E-state index is 0.210. The van der Waals surface area contributed by atoms with Gasteiger partial charge in [-0.2, -0.15) is 0 Å². The van der Waals surface area contributed by atoms with E-state index in [1.54, 1.807) is 5.57 Å². The fourth-order valence-electron chi connectivity index (χ4n) is 1.82.